The largest absolute Gasteiger partial charge is 0.618 e. The van der Waals surface area contributed by atoms with E-state index in [-0.39, 0.29) is 27.9 Å². The van der Waals surface area contributed by atoms with E-state index in [2.05, 4.69) is 5.32 Å². The average molecular weight is 523 g/mol. The number of nitrogens with zero attached hydrogens (tertiary/aromatic N) is 1. The van der Waals surface area contributed by atoms with E-state index in [1.807, 2.05) is 0 Å². The third kappa shape index (κ3) is 5.28. The fourth-order valence-corrected chi connectivity index (χ4v) is 4.15. The van der Waals surface area contributed by atoms with Gasteiger partial charge in [0.25, 0.3) is 6.43 Å². The van der Waals surface area contributed by atoms with E-state index >= 15 is 0 Å². The number of aromatic nitrogens is 1. The lowest BCUT2D eigenvalue weighted by Crippen LogP contribution is -2.37. The van der Waals surface area contributed by atoms with Crippen molar-refractivity contribution in [1.82, 2.24) is 0 Å². The third-order valence-corrected chi connectivity index (χ3v) is 6.29. The van der Waals surface area contributed by atoms with Crippen molar-refractivity contribution in [3.63, 3.8) is 0 Å². The summed E-state index contributed by atoms with van der Waals surface area (Å²) < 4.78 is 56.0. The van der Waals surface area contributed by atoms with Gasteiger partial charge in [-0.15, -0.1) is 0 Å². The molecular weight excluding hydrogens is 504 g/mol. The van der Waals surface area contributed by atoms with Crippen molar-refractivity contribution in [2.75, 3.05) is 5.32 Å². The number of carbonyl (C=O) groups is 2. The Balaban J connectivity index is 1.67. The molecule has 0 radical (unpaired) electrons. The molecule has 0 bridgehead atoms. The summed E-state index contributed by atoms with van der Waals surface area (Å²) in [5.41, 5.74) is -1.85. The Morgan fingerprint density at radius 1 is 1.14 bits per heavy atom. The summed E-state index contributed by atoms with van der Waals surface area (Å²) in [6.07, 6.45) is -0.100. The maximum atomic E-state index is 14.7. The van der Waals surface area contributed by atoms with Crippen LogP contribution in [0.1, 0.15) is 53.2 Å². The maximum absolute atomic E-state index is 14.7. The minimum atomic E-state index is -3.02. The number of aromatic carboxylic acids is 1. The Labute approximate surface area is 207 Å². The van der Waals surface area contributed by atoms with Crippen molar-refractivity contribution < 1.29 is 37.0 Å². The molecule has 2 N–H and O–H groups in total. The van der Waals surface area contributed by atoms with E-state index in [4.69, 9.17) is 16.7 Å². The monoisotopic (exact) mass is 522 g/mol. The number of halogens is 5. The highest BCUT2D eigenvalue weighted by Gasteiger charge is 2.35. The molecule has 36 heavy (non-hydrogen) atoms. The Morgan fingerprint density at radius 3 is 2.44 bits per heavy atom. The molecule has 11 heteroatoms. The van der Waals surface area contributed by atoms with Crippen molar-refractivity contribution in [2.24, 2.45) is 5.92 Å². The molecular formula is C25H19ClF4N2O4. The molecule has 6 nitrogen and oxygen atoms in total. The molecule has 1 heterocycles. The smallest absolute Gasteiger partial charge is 0.338 e. The SMILES string of the molecule is O=C(O)c1ccc(NC(=O)C(CC2CC2)c2ccc(-c3c(C(F)F)ccc(Cl)c3F)c[n+]2[O-])cc1F. The molecule has 1 aliphatic carbocycles. The fraction of sp³-hybridized carbons (Fsp3) is 0.240. The first-order valence-electron chi connectivity index (χ1n) is 10.9. The molecule has 188 valence electrons. The molecule has 1 fully saturated rings. The lowest BCUT2D eigenvalue weighted by Gasteiger charge is -2.18. The van der Waals surface area contributed by atoms with Crippen LogP contribution in [0.25, 0.3) is 11.1 Å². The van der Waals surface area contributed by atoms with E-state index in [1.165, 1.54) is 18.2 Å². The van der Waals surface area contributed by atoms with Crippen LogP contribution in [0.2, 0.25) is 5.02 Å². The number of hydrogen-bond donors (Lipinski definition) is 2. The number of benzene rings is 2. The predicted molar refractivity (Wildman–Crippen MR) is 123 cm³/mol. The lowest BCUT2D eigenvalue weighted by molar-refractivity contribution is -0.614. The summed E-state index contributed by atoms with van der Waals surface area (Å²) in [6.45, 7) is 0. The second kappa shape index (κ2) is 10.1. The van der Waals surface area contributed by atoms with Gasteiger partial charge in [-0.25, -0.2) is 22.4 Å². The van der Waals surface area contributed by atoms with Gasteiger partial charge in [0.05, 0.1) is 16.1 Å². The Morgan fingerprint density at radius 2 is 1.86 bits per heavy atom. The quantitative estimate of drug-likeness (QED) is 0.213. The van der Waals surface area contributed by atoms with E-state index in [9.17, 15) is 32.4 Å². The van der Waals surface area contributed by atoms with Gasteiger partial charge in [-0.1, -0.05) is 30.5 Å². The Kier molecular flexibility index (Phi) is 7.16. The topological polar surface area (TPSA) is 93.3 Å². The number of amides is 1. The zero-order valence-corrected chi connectivity index (χ0v) is 19.2. The first-order valence-corrected chi connectivity index (χ1v) is 11.3. The van der Waals surface area contributed by atoms with Gasteiger partial charge in [0.1, 0.15) is 17.6 Å². The number of carbonyl (C=O) groups excluding carboxylic acids is 1. The zero-order chi connectivity index (χ0) is 26.1. The number of pyridine rings is 1. The standard InChI is InChI=1S/C25H19ClF4N2O4/c26-18-7-6-16(23(29)30)21(22(18)28)13-3-8-20(32(36)11-13)17(9-12-1-2-12)24(33)31-14-4-5-15(25(34)35)19(27)10-14/h3-8,10-12,17,23H,1-2,9H2,(H,31,33)(H,34,35). The van der Waals surface area contributed by atoms with Gasteiger partial charge >= 0.3 is 5.97 Å². The zero-order valence-electron chi connectivity index (χ0n) is 18.5. The molecule has 0 saturated heterocycles. The van der Waals surface area contributed by atoms with Crippen molar-refractivity contribution in [2.45, 2.75) is 31.6 Å². The summed E-state index contributed by atoms with van der Waals surface area (Å²) in [7, 11) is 0. The van der Waals surface area contributed by atoms with E-state index in [0.717, 1.165) is 43.3 Å². The van der Waals surface area contributed by atoms with Crippen molar-refractivity contribution in [1.29, 1.82) is 0 Å². The number of anilines is 1. The van der Waals surface area contributed by atoms with E-state index in [0.29, 0.717) is 11.2 Å². The predicted octanol–water partition coefficient (Wildman–Crippen LogP) is 6.08. The summed E-state index contributed by atoms with van der Waals surface area (Å²) in [5.74, 6) is -5.03. The van der Waals surface area contributed by atoms with Crippen LogP contribution in [0, 0.1) is 22.8 Å². The molecule has 1 atom stereocenters. The van der Waals surface area contributed by atoms with Crippen LogP contribution in [0.15, 0.2) is 48.7 Å². The molecule has 1 aromatic heterocycles. The molecule has 2 aromatic carbocycles. The van der Waals surface area contributed by atoms with Gasteiger partial charge in [0, 0.05) is 22.9 Å². The minimum absolute atomic E-state index is 0.0000558. The Bertz CT molecular complexity index is 1350. The summed E-state index contributed by atoms with van der Waals surface area (Å²) in [5, 5.41) is 24.0. The molecule has 3 aromatic rings. The second-order valence-corrected chi connectivity index (χ2v) is 8.92. The van der Waals surface area contributed by atoms with Gasteiger partial charge in [0.15, 0.2) is 6.20 Å². The normalized spacial score (nSPS) is 14.1. The minimum Gasteiger partial charge on any atom is -0.618 e. The van der Waals surface area contributed by atoms with Gasteiger partial charge in [-0.05, 0) is 42.7 Å². The van der Waals surface area contributed by atoms with Crippen LogP contribution in [0.4, 0.5) is 23.2 Å². The van der Waals surface area contributed by atoms with Crippen molar-refractivity contribution in [3.05, 3.63) is 87.3 Å². The number of carboxylic acids is 1. The molecule has 1 amide bonds. The first kappa shape index (κ1) is 25.4. The number of rotatable bonds is 8. The number of alkyl halides is 2. The molecule has 0 aliphatic heterocycles. The maximum Gasteiger partial charge on any atom is 0.338 e. The average Bonchev–Trinajstić information content (AvgIpc) is 3.63. The van der Waals surface area contributed by atoms with Crippen LogP contribution in [-0.2, 0) is 4.79 Å². The second-order valence-electron chi connectivity index (χ2n) is 8.52. The van der Waals surface area contributed by atoms with Gasteiger partial charge < -0.3 is 15.6 Å². The summed E-state index contributed by atoms with van der Waals surface area (Å²) in [4.78, 5) is 24.1. The molecule has 0 spiro atoms. The van der Waals surface area contributed by atoms with Crippen LogP contribution in [-0.4, -0.2) is 17.0 Å². The van der Waals surface area contributed by atoms with Crippen LogP contribution in [0.3, 0.4) is 0 Å². The van der Waals surface area contributed by atoms with Crippen molar-refractivity contribution >= 4 is 29.2 Å². The molecule has 1 saturated carbocycles. The fourth-order valence-electron chi connectivity index (χ4n) is 4.00. The lowest BCUT2D eigenvalue weighted by atomic mass is 9.94. The summed E-state index contributed by atoms with van der Waals surface area (Å²) in [6, 6.07) is 7.59. The Hall–Kier alpha value is -3.66. The number of carboxylic acid groups (broad SMARTS) is 1. The molecule has 1 aliphatic rings. The van der Waals surface area contributed by atoms with E-state index < -0.39 is 52.5 Å². The highest BCUT2D eigenvalue weighted by atomic mass is 35.5. The summed E-state index contributed by atoms with van der Waals surface area (Å²) >= 11 is 5.77. The van der Waals surface area contributed by atoms with Gasteiger partial charge in [0.2, 0.25) is 11.6 Å². The van der Waals surface area contributed by atoms with Crippen molar-refractivity contribution in [3.8, 4) is 11.1 Å². The third-order valence-electron chi connectivity index (χ3n) is 6.00. The van der Waals surface area contributed by atoms with Crippen LogP contribution in [0.5, 0.6) is 0 Å². The van der Waals surface area contributed by atoms with Crippen LogP contribution >= 0.6 is 11.6 Å². The van der Waals surface area contributed by atoms with E-state index in [1.54, 1.807) is 0 Å². The van der Waals surface area contributed by atoms with Gasteiger partial charge in [-0.3, -0.25) is 4.79 Å². The van der Waals surface area contributed by atoms with Crippen LogP contribution < -0.4 is 10.0 Å². The highest BCUT2D eigenvalue weighted by molar-refractivity contribution is 6.31. The molecule has 4 rings (SSSR count). The number of hydrogen-bond acceptors (Lipinski definition) is 3. The van der Waals surface area contributed by atoms with Gasteiger partial charge in [-0.2, -0.15) is 4.73 Å². The molecule has 1 unspecified atom stereocenters. The number of nitrogens with one attached hydrogen (secondary N) is 1. The highest BCUT2D eigenvalue weighted by Crippen LogP contribution is 2.40. The first-order chi connectivity index (χ1) is 17.1.